The summed E-state index contributed by atoms with van der Waals surface area (Å²) in [5.74, 6) is -2.15. The molecule has 0 aliphatic carbocycles. The summed E-state index contributed by atoms with van der Waals surface area (Å²) in [6, 6.07) is 4.65. The van der Waals surface area contributed by atoms with Crippen LogP contribution >= 0.6 is 11.3 Å². The van der Waals surface area contributed by atoms with E-state index in [9.17, 15) is 22.8 Å². The minimum atomic E-state index is -4.58. The zero-order valence-electron chi connectivity index (χ0n) is 13.5. The van der Waals surface area contributed by atoms with Crippen LogP contribution in [0.5, 0.6) is 5.75 Å². The van der Waals surface area contributed by atoms with E-state index < -0.39 is 35.5 Å². The normalized spacial score (nSPS) is 12.5. The van der Waals surface area contributed by atoms with Gasteiger partial charge in [-0.3, -0.25) is 4.79 Å². The van der Waals surface area contributed by atoms with E-state index in [-0.39, 0.29) is 12.2 Å². The van der Waals surface area contributed by atoms with E-state index in [0.29, 0.717) is 11.4 Å². The van der Waals surface area contributed by atoms with Crippen LogP contribution in [0.3, 0.4) is 0 Å². The third-order valence-corrected chi connectivity index (χ3v) is 4.18. The summed E-state index contributed by atoms with van der Waals surface area (Å²) in [4.78, 5) is 26.6. The number of nitrogens with one attached hydrogen (secondary N) is 1. The van der Waals surface area contributed by atoms with E-state index in [1.54, 1.807) is 0 Å². The second-order valence-electron chi connectivity index (χ2n) is 5.23. The molecule has 1 unspecified atom stereocenters. The maximum atomic E-state index is 12.9. The molecule has 140 valence electrons. The number of para-hydroxylation sites is 1. The average Bonchev–Trinajstić information content (AvgIpc) is 3.03. The highest BCUT2D eigenvalue weighted by molar-refractivity contribution is 7.09. The van der Waals surface area contributed by atoms with Crippen LogP contribution in [0.2, 0.25) is 0 Å². The first-order valence-corrected chi connectivity index (χ1v) is 8.34. The van der Waals surface area contributed by atoms with Gasteiger partial charge in [0.2, 0.25) is 0 Å². The van der Waals surface area contributed by atoms with Gasteiger partial charge in [-0.1, -0.05) is 12.1 Å². The quantitative estimate of drug-likeness (QED) is 0.761. The van der Waals surface area contributed by atoms with Gasteiger partial charge in [0.15, 0.2) is 11.8 Å². The Kier molecular flexibility index (Phi) is 6.19. The topological polar surface area (TPSA) is 88.5 Å². The molecule has 26 heavy (non-hydrogen) atoms. The number of alkyl halides is 3. The lowest BCUT2D eigenvalue weighted by atomic mass is 10.2. The number of carboxylic acids is 1. The van der Waals surface area contributed by atoms with Crippen molar-refractivity contribution in [2.45, 2.75) is 25.6 Å². The molecule has 1 amide bonds. The Hall–Kier alpha value is -2.62. The minimum Gasteiger partial charge on any atom is -0.480 e. The van der Waals surface area contributed by atoms with Crippen LogP contribution in [-0.4, -0.2) is 34.6 Å². The summed E-state index contributed by atoms with van der Waals surface area (Å²) in [5.41, 5.74) is -1.03. The van der Waals surface area contributed by atoms with E-state index in [1.807, 2.05) is 0 Å². The molecule has 0 aliphatic heterocycles. The Morgan fingerprint density at radius 3 is 2.65 bits per heavy atom. The highest BCUT2D eigenvalue weighted by atomic mass is 32.1. The molecular formula is C16H15F3N2O4S. The van der Waals surface area contributed by atoms with Crippen molar-refractivity contribution >= 4 is 23.2 Å². The third-order valence-electron chi connectivity index (χ3n) is 3.27. The lowest BCUT2D eigenvalue weighted by molar-refractivity contribution is -0.140. The number of benzene rings is 1. The molecule has 0 radical (unpaired) electrons. The largest absolute Gasteiger partial charge is 0.480 e. The second kappa shape index (κ2) is 8.17. The van der Waals surface area contributed by atoms with Gasteiger partial charge in [0.25, 0.3) is 5.91 Å². The highest BCUT2D eigenvalue weighted by Gasteiger charge is 2.34. The van der Waals surface area contributed by atoms with Crippen molar-refractivity contribution in [3.8, 4) is 5.75 Å². The number of hydrogen-bond acceptors (Lipinski definition) is 5. The molecule has 0 fully saturated rings. The van der Waals surface area contributed by atoms with E-state index in [1.165, 1.54) is 24.4 Å². The number of carbonyl (C=O) groups excluding carboxylic acids is 1. The van der Waals surface area contributed by atoms with Crippen LogP contribution in [0, 0.1) is 0 Å². The lowest BCUT2D eigenvalue weighted by Gasteiger charge is -2.18. The molecule has 1 heterocycles. The molecule has 2 aromatic rings. The second-order valence-corrected chi connectivity index (χ2v) is 6.17. The Labute approximate surface area is 150 Å². The third kappa shape index (κ3) is 5.19. The SMILES string of the molecule is CC(Oc1ccccc1C(F)(F)F)C(=O)NCCc1nc(C(=O)O)cs1. The highest BCUT2D eigenvalue weighted by Crippen LogP contribution is 2.36. The van der Waals surface area contributed by atoms with Gasteiger partial charge >= 0.3 is 12.1 Å². The number of carbonyl (C=O) groups is 2. The first kappa shape index (κ1) is 19.7. The van der Waals surface area contributed by atoms with Crippen LogP contribution in [-0.2, 0) is 17.4 Å². The van der Waals surface area contributed by atoms with Crippen LogP contribution in [0.4, 0.5) is 13.2 Å². The Bertz CT molecular complexity index is 792. The number of rotatable bonds is 7. The molecule has 0 saturated carbocycles. The van der Waals surface area contributed by atoms with Gasteiger partial charge in [-0.15, -0.1) is 11.3 Å². The monoisotopic (exact) mass is 388 g/mol. The summed E-state index contributed by atoms with van der Waals surface area (Å²) in [6.45, 7) is 1.49. The number of nitrogens with zero attached hydrogens (tertiary/aromatic N) is 1. The van der Waals surface area contributed by atoms with E-state index in [2.05, 4.69) is 10.3 Å². The van der Waals surface area contributed by atoms with Gasteiger partial charge in [0.05, 0.1) is 10.6 Å². The molecule has 0 saturated heterocycles. The van der Waals surface area contributed by atoms with Crippen molar-refractivity contribution in [1.82, 2.24) is 10.3 Å². The number of hydrogen-bond donors (Lipinski definition) is 2. The molecule has 0 spiro atoms. The molecule has 0 bridgehead atoms. The van der Waals surface area contributed by atoms with Crippen molar-refractivity contribution < 1.29 is 32.6 Å². The number of amides is 1. The molecule has 1 aromatic carbocycles. The summed E-state index contributed by atoms with van der Waals surface area (Å²) >= 11 is 1.15. The molecule has 1 aromatic heterocycles. The number of aromatic carboxylic acids is 1. The van der Waals surface area contributed by atoms with E-state index >= 15 is 0 Å². The fourth-order valence-electron chi connectivity index (χ4n) is 2.01. The molecule has 2 rings (SSSR count). The predicted molar refractivity (Wildman–Crippen MR) is 87.3 cm³/mol. The Balaban J connectivity index is 1.89. The molecule has 10 heteroatoms. The maximum absolute atomic E-state index is 12.9. The lowest BCUT2D eigenvalue weighted by Crippen LogP contribution is -2.37. The number of ether oxygens (including phenoxy) is 1. The Morgan fingerprint density at radius 2 is 2.04 bits per heavy atom. The van der Waals surface area contributed by atoms with Gasteiger partial charge in [-0.2, -0.15) is 13.2 Å². The maximum Gasteiger partial charge on any atom is 0.419 e. The van der Waals surface area contributed by atoms with Crippen molar-refractivity contribution in [3.05, 3.63) is 45.9 Å². The van der Waals surface area contributed by atoms with Gasteiger partial charge in [-0.25, -0.2) is 9.78 Å². The van der Waals surface area contributed by atoms with Crippen molar-refractivity contribution in [2.75, 3.05) is 6.54 Å². The average molecular weight is 388 g/mol. The summed E-state index contributed by atoms with van der Waals surface area (Å²) in [7, 11) is 0. The predicted octanol–water partition coefficient (Wildman–Crippen LogP) is 2.99. The summed E-state index contributed by atoms with van der Waals surface area (Å²) in [6.07, 6.45) is -5.42. The fourth-order valence-corrected chi connectivity index (χ4v) is 2.78. The van der Waals surface area contributed by atoms with Crippen molar-refractivity contribution in [2.24, 2.45) is 0 Å². The minimum absolute atomic E-state index is 0.0724. The molecular weight excluding hydrogens is 373 g/mol. The first-order chi connectivity index (χ1) is 12.2. The van der Waals surface area contributed by atoms with Gasteiger partial charge < -0.3 is 15.2 Å². The van der Waals surface area contributed by atoms with Crippen LogP contribution < -0.4 is 10.1 Å². The number of carboxylic acid groups (broad SMARTS) is 1. The Morgan fingerprint density at radius 1 is 1.35 bits per heavy atom. The zero-order valence-corrected chi connectivity index (χ0v) is 14.4. The van der Waals surface area contributed by atoms with Gasteiger partial charge in [0.1, 0.15) is 5.75 Å². The molecule has 2 N–H and O–H groups in total. The number of halogens is 3. The number of thiazole rings is 1. The van der Waals surface area contributed by atoms with E-state index in [4.69, 9.17) is 9.84 Å². The molecule has 1 atom stereocenters. The summed E-state index contributed by atoms with van der Waals surface area (Å²) < 4.78 is 43.9. The zero-order chi connectivity index (χ0) is 19.3. The van der Waals surface area contributed by atoms with Crippen LogP contribution in [0.1, 0.15) is 28.0 Å². The smallest absolute Gasteiger partial charge is 0.419 e. The first-order valence-electron chi connectivity index (χ1n) is 7.46. The molecule has 0 aliphatic rings. The van der Waals surface area contributed by atoms with Gasteiger partial charge in [-0.05, 0) is 19.1 Å². The standard InChI is InChI=1S/C16H15F3N2O4S/c1-9(25-12-5-3-2-4-10(12)16(17,18)19)14(22)20-7-6-13-21-11(8-26-13)15(23)24/h2-5,8-9H,6-7H2,1H3,(H,20,22)(H,23,24). The number of aromatic nitrogens is 1. The summed E-state index contributed by atoms with van der Waals surface area (Å²) in [5, 5.41) is 13.2. The van der Waals surface area contributed by atoms with Gasteiger partial charge in [0, 0.05) is 18.3 Å². The van der Waals surface area contributed by atoms with Crippen LogP contribution in [0.25, 0.3) is 0 Å². The van der Waals surface area contributed by atoms with Crippen molar-refractivity contribution in [3.63, 3.8) is 0 Å². The fraction of sp³-hybridized carbons (Fsp3) is 0.312. The molecule has 6 nitrogen and oxygen atoms in total. The van der Waals surface area contributed by atoms with Crippen LogP contribution in [0.15, 0.2) is 29.6 Å². The van der Waals surface area contributed by atoms with Crippen molar-refractivity contribution in [1.29, 1.82) is 0 Å². The van der Waals surface area contributed by atoms with E-state index in [0.717, 1.165) is 23.5 Å².